The number of nitrogens with one attached hydrogen (secondary N) is 1. The molecule has 0 saturated carbocycles. The molecule has 18 heavy (non-hydrogen) atoms. The lowest BCUT2D eigenvalue weighted by Crippen LogP contribution is -2.21. The van der Waals surface area contributed by atoms with Crippen LogP contribution in [0.5, 0.6) is 0 Å². The number of thiophene rings is 3. The van der Waals surface area contributed by atoms with Gasteiger partial charge in [-0.25, -0.2) is 0 Å². The van der Waals surface area contributed by atoms with Gasteiger partial charge in [0.25, 0.3) is 0 Å². The van der Waals surface area contributed by atoms with E-state index in [1.54, 1.807) is 0 Å². The average molecular weight is 293 g/mol. The second-order valence-electron chi connectivity index (χ2n) is 4.20. The Balaban J connectivity index is 1.95. The van der Waals surface area contributed by atoms with E-state index in [4.69, 9.17) is 0 Å². The van der Waals surface area contributed by atoms with Gasteiger partial charge in [-0.3, -0.25) is 0 Å². The highest BCUT2D eigenvalue weighted by Crippen LogP contribution is 2.36. The van der Waals surface area contributed by atoms with Crippen molar-refractivity contribution in [1.82, 2.24) is 5.32 Å². The predicted octanol–water partition coefficient (Wildman–Crippen LogP) is 5.11. The van der Waals surface area contributed by atoms with Crippen LogP contribution < -0.4 is 5.32 Å². The molecule has 0 aromatic carbocycles. The lowest BCUT2D eigenvalue weighted by Gasteiger charge is -2.15. The third kappa shape index (κ3) is 2.38. The summed E-state index contributed by atoms with van der Waals surface area (Å²) in [6, 6.07) is 9.30. The summed E-state index contributed by atoms with van der Waals surface area (Å²) in [5, 5.41) is 7.99. The summed E-state index contributed by atoms with van der Waals surface area (Å²) in [7, 11) is 0. The molecule has 1 unspecified atom stereocenters. The van der Waals surface area contributed by atoms with Crippen molar-refractivity contribution in [2.24, 2.45) is 0 Å². The highest BCUT2D eigenvalue weighted by molar-refractivity contribution is 7.27. The monoisotopic (exact) mass is 293 g/mol. The Labute approximate surface area is 119 Å². The summed E-state index contributed by atoms with van der Waals surface area (Å²) in [5.74, 6) is 0. The van der Waals surface area contributed by atoms with Gasteiger partial charge in [-0.05, 0) is 41.9 Å². The summed E-state index contributed by atoms with van der Waals surface area (Å²) >= 11 is 5.58. The van der Waals surface area contributed by atoms with Gasteiger partial charge < -0.3 is 5.32 Å². The van der Waals surface area contributed by atoms with E-state index in [2.05, 4.69) is 47.3 Å². The number of hydrogen-bond donors (Lipinski definition) is 1. The zero-order valence-electron chi connectivity index (χ0n) is 10.2. The molecule has 0 aliphatic carbocycles. The van der Waals surface area contributed by atoms with Crippen molar-refractivity contribution in [3.8, 4) is 0 Å². The molecule has 1 atom stereocenters. The molecule has 0 radical (unpaired) electrons. The van der Waals surface area contributed by atoms with Gasteiger partial charge in [-0.2, -0.15) is 0 Å². The van der Waals surface area contributed by atoms with Gasteiger partial charge in [-0.15, -0.1) is 34.0 Å². The van der Waals surface area contributed by atoms with Crippen LogP contribution in [0.3, 0.4) is 0 Å². The fraction of sp³-hybridized carbons (Fsp3) is 0.286. The summed E-state index contributed by atoms with van der Waals surface area (Å²) < 4.78 is 2.82. The Hall–Kier alpha value is -0.680. The molecular formula is C14H15NS3. The van der Waals surface area contributed by atoms with Crippen LogP contribution in [-0.4, -0.2) is 6.54 Å². The Morgan fingerprint density at radius 2 is 2.06 bits per heavy atom. The topological polar surface area (TPSA) is 12.0 Å². The van der Waals surface area contributed by atoms with Crippen molar-refractivity contribution >= 4 is 43.4 Å². The van der Waals surface area contributed by atoms with Gasteiger partial charge in [0, 0.05) is 19.2 Å². The van der Waals surface area contributed by atoms with E-state index in [-0.39, 0.29) is 0 Å². The van der Waals surface area contributed by atoms with Crippen LogP contribution in [0, 0.1) is 0 Å². The minimum absolute atomic E-state index is 0.370. The zero-order chi connectivity index (χ0) is 12.4. The maximum Gasteiger partial charge on any atom is 0.0765 e. The molecule has 0 amide bonds. The SMILES string of the molecule is CCCNC(c1cccs1)c1cc2sccc2s1. The maximum atomic E-state index is 3.66. The minimum Gasteiger partial charge on any atom is -0.305 e. The molecule has 1 N–H and O–H groups in total. The Morgan fingerprint density at radius 1 is 1.11 bits per heavy atom. The van der Waals surface area contributed by atoms with Crippen molar-refractivity contribution in [2.75, 3.05) is 6.54 Å². The van der Waals surface area contributed by atoms with Crippen LogP contribution >= 0.6 is 34.0 Å². The fourth-order valence-corrected chi connectivity index (χ4v) is 5.12. The van der Waals surface area contributed by atoms with E-state index < -0.39 is 0 Å². The molecule has 0 spiro atoms. The Bertz CT molecular complexity index is 577. The second kappa shape index (κ2) is 5.53. The normalized spacial score (nSPS) is 13.2. The van der Waals surface area contributed by atoms with Gasteiger partial charge in [0.2, 0.25) is 0 Å². The van der Waals surface area contributed by atoms with Crippen molar-refractivity contribution in [1.29, 1.82) is 0 Å². The fourth-order valence-electron chi connectivity index (χ4n) is 2.01. The summed E-state index contributed by atoms with van der Waals surface area (Å²) in [6.07, 6.45) is 1.17. The second-order valence-corrected chi connectivity index (χ2v) is 7.24. The Morgan fingerprint density at radius 3 is 2.78 bits per heavy atom. The molecule has 0 saturated heterocycles. The maximum absolute atomic E-state index is 3.66. The molecule has 3 aromatic heterocycles. The van der Waals surface area contributed by atoms with E-state index in [1.807, 2.05) is 34.0 Å². The molecule has 0 aliphatic heterocycles. The number of rotatable bonds is 5. The van der Waals surface area contributed by atoms with Crippen molar-refractivity contribution < 1.29 is 0 Å². The molecule has 1 nitrogen and oxygen atoms in total. The van der Waals surface area contributed by atoms with Crippen molar-refractivity contribution in [3.63, 3.8) is 0 Å². The third-order valence-electron chi connectivity index (χ3n) is 2.87. The molecule has 3 rings (SSSR count). The van der Waals surface area contributed by atoms with Gasteiger partial charge in [0.1, 0.15) is 0 Å². The predicted molar refractivity (Wildman–Crippen MR) is 84.2 cm³/mol. The zero-order valence-corrected chi connectivity index (χ0v) is 12.6. The van der Waals surface area contributed by atoms with Crippen LogP contribution in [0.15, 0.2) is 35.0 Å². The van der Waals surface area contributed by atoms with E-state index >= 15 is 0 Å². The van der Waals surface area contributed by atoms with Crippen LogP contribution in [-0.2, 0) is 0 Å². The van der Waals surface area contributed by atoms with Gasteiger partial charge in [-0.1, -0.05) is 13.0 Å². The largest absolute Gasteiger partial charge is 0.305 e. The standard InChI is InChI=1S/C14H15NS3/c1-2-6-15-14(11-4-3-7-16-11)13-9-12-10(18-13)5-8-17-12/h3-5,7-9,14-15H,2,6H2,1H3. The van der Waals surface area contributed by atoms with E-state index in [0.29, 0.717) is 6.04 Å². The molecule has 94 valence electrons. The number of hydrogen-bond acceptors (Lipinski definition) is 4. The third-order valence-corrected chi connectivity index (χ3v) is 5.96. The van der Waals surface area contributed by atoms with Gasteiger partial charge in [0.15, 0.2) is 0 Å². The summed E-state index contributed by atoms with van der Waals surface area (Å²) in [4.78, 5) is 2.85. The van der Waals surface area contributed by atoms with Crippen LogP contribution in [0.2, 0.25) is 0 Å². The van der Waals surface area contributed by atoms with Crippen LogP contribution in [0.25, 0.3) is 9.40 Å². The highest BCUT2D eigenvalue weighted by atomic mass is 32.1. The molecule has 0 bridgehead atoms. The molecule has 3 heterocycles. The smallest absolute Gasteiger partial charge is 0.0765 e. The van der Waals surface area contributed by atoms with E-state index in [1.165, 1.54) is 25.6 Å². The first-order valence-electron chi connectivity index (χ1n) is 6.12. The van der Waals surface area contributed by atoms with Crippen molar-refractivity contribution in [3.05, 3.63) is 44.8 Å². The lowest BCUT2D eigenvalue weighted by atomic mass is 10.2. The van der Waals surface area contributed by atoms with Crippen molar-refractivity contribution in [2.45, 2.75) is 19.4 Å². The molecule has 4 heteroatoms. The van der Waals surface area contributed by atoms with E-state index in [0.717, 1.165) is 6.54 Å². The summed E-state index contributed by atoms with van der Waals surface area (Å²) in [5.41, 5.74) is 0. The first-order chi connectivity index (χ1) is 8.88. The average Bonchev–Trinajstić information content (AvgIpc) is 3.05. The number of fused-ring (bicyclic) bond motifs is 1. The molecule has 0 aliphatic rings. The van der Waals surface area contributed by atoms with Gasteiger partial charge >= 0.3 is 0 Å². The van der Waals surface area contributed by atoms with E-state index in [9.17, 15) is 0 Å². The van der Waals surface area contributed by atoms with Gasteiger partial charge in [0.05, 0.1) is 6.04 Å². The first-order valence-corrected chi connectivity index (χ1v) is 8.70. The first kappa shape index (κ1) is 12.4. The van der Waals surface area contributed by atoms with Crippen LogP contribution in [0.4, 0.5) is 0 Å². The quantitative estimate of drug-likeness (QED) is 0.689. The molecule has 0 fully saturated rings. The highest BCUT2D eigenvalue weighted by Gasteiger charge is 2.17. The lowest BCUT2D eigenvalue weighted by molar-refractivity contribution is 0.613. The molecular weight excluding hydrogens is 278 g/mol. The van der Waals surface area contributed by atoms with Crippen LogP contribution in [0.1, 0.15) is 29.1 Å². The Kier molecular flexibility index (Phi) is 3.80. The minimum atomic E-state index is 0.370. The summed E-state index contributed by atoms with van der Waals surface area (Å²) in [6.45, 7) is 3.28. The molecule has 3 aromatic rings.